The zero-order valence-electron chi connectivity index (χ0n) is 17.5. The average molecular weight is 437 g/mol. The van der Waals surface area contributed by atoms with Gasteiger partial charge in [-0.25, -0.2) is 0 Å². The number of methoxy groups -OCH3 is 1. The number of carbonyl (C=O) groups excluding carboxylic acids is 2. The second-order valence-electron chi connectivity index (χ2n) is 7.58. The predicted molar refractivity (Wildman–Crippen MR) is 121 cm³/mol. The number of anilines is 2. The van der Waals surface area contributed by atoms with Gasteiger partial charge in [0.15, 0.2) is 0 Å². The van der Waals surface area contributed by atoms with Crippen LogP contribution in [-0.4, -0.2) is 35.7 Å². The molecule has 8 heteroatoms. The van der Waals surface area contributed by atoms with E-state index < -0.39 is 5.92 Å². The number of nitrogens with zero attached hydrogens (tertiary/aromatic N) is 3. The zero-order valence-corrected chi connectivity index (χ0v) is 18.3. The van der Waals surface area contributed by atoms with Gasteiger partial charge in [0, 0.05) is 25.1 Å². The van der Waals surface area contributed by atoms with Crippen LogP contribution < -0.4 is 15.0 Å². The molecule has 3 aromatic rings. The van der Waals surface area contributed by atoms with Crippen molar-refractivity contribution in [2.24, 2.45) is 5.92 Å². The number of hydrogen-bond acceptors (Lipinski definition) is 6. The monoisotopic (exact) mass is 436 g/mol. The molecular formula is C23H24N4O3S. The van der Waals surface area contributed by atoms with Crippen molar-refractivity contribution in [3.8, 4) is 5.75 Å². The molecule has 1 saturated heterocycles. The first-order chi connectivity index (χ1) is 15.0. The van der Waals surface area contributed by atoms with E-state index in [2.05, 4.69) is 15.5 Å². The van der Waals surface area contributed by atoms with Gasteiger partial charge in [0.25, 0.3) is 0 Å². The first-order valence-electron chi connectivity index (χ1n) is 10.1. The normalized spacial score (nSPS) is 15.9. The molecule has 1 N–H and O–H groups in total. The van der Waals surface area contributed by atoms with E-state index in [1.807, 2.05) is 55.5 Å². The molecule has 0 unspecified atom stereocenters. The van der Waals surface area contributed by atoms with Crippen LogP contribution in [0.25, 0.3) is 0 Å². The molecule has 0 radical (unpaired) electrons. The third-order valence-corrected chi connectivity index (χ3v) is 6.22. The molecule has 0 spiro atoms. The van der Waals surface area contributed by atoms with E-state index in [1.54, 1.807) is 12.0 Å². The Bertz CT molecular complexity index is 1060. The fourth-order valence-corrected chi connectivity index (χ4v) is 4.26. The van der Waals surface area contributed by atoms with E-state index in [1.165, 1.54) is 16.9 Å². The Hall–Kier alpha value is -3.26. The molecule has 31 heavy (non-hydrogen) atoms. The minimum Gasteiger partial charge on any atom is -0.497 e. The molecule has 1 atom stereocenters. The summed E-state index contributed by atoms with van der Waals surface area (Å²) < 4.78 is 5.17. The molecule has 2 heterocycles. The van der Waals surface area contributed by atoms with Gasteiger partial charge in [0.2, 0.25) is 16.9 Å². The molecule has 2 aromatic carbocycles. The van der Waals surface area contributed by atoms with Crippen molar-refractivity contribution >= 4 is 34.0 Å². The summed E-state index contributed by atoms with van der Waals surface area (Å²) in [4.78, 5) is 26.8. The Morgan fingerprint density at radius 3 is 2.58 bits per heavy atom. The van der Waals surface area contributed by atoms with Crippen molar-refractivity contribution in [2.45, 2.75) is 26.2 Å². The number of benzene rings is 2. The van der Waals surface area contributed by atoms with Crippen LogP contribution in [0.2, 0.25) is 0 Å². The molecule has 1 aliphatic rings. The maximum atomic E-state index is 12.7. The Kier molecular flexibility index (Phi) is 6.27. The minimum absolute atomic E-state index is 0.0403. The molecule has 0 bridgehead atoms. The molecule has 4 rings (SSSR count). The zero-order chi connectivity index (χ0) is 21.8. The number of aromatic nitrogens is 2. The van der Waals surface area contributed by atoms with Crippen molar-refractivity contribution in [3.05, 3.63) is 64.7 Å². The summed E-state index contributed by atoms with van der Waals surface area (Å²) in [6.07, 6.45) is 1.76. The molecule has 7 nitrogen and oxygen atoms in total. The van der Waals surface area contributed by atoms with Gasteiger partial charge in [-0.05, 0) is 43.2 Å². The number of carbonyl (C=O) groups is 2. The van der Waals surface area contributed by atoms with Crippen LogP contribution in [0.5, 0.6) is 5.75 Å². The number of amides is 2. The standard InChI is InChI=1S/C23H24N4O3S/c1-15-3-8-18(9-4-15)27-14-17(13-21(27)28)22(29)24-23-26-25-20(31-23)12-7-16-5-10-19(30-2)11-6-16/h3-6,8-11,17H,7,12-14H2,1-2H3,(H,24,26,29)/t17-/m0/s1. The van der Waals surface area contributed by atoms with E-state index in [0.29, 0.717) is 11.7 Å². The number of aryl methyl sites for hydroxylation is 3. The second kappa shape index (κ2) is 9.26. The van der Waals surface area contributed by atoms with E-state index in [4.69, 9.17) is 4.74 Å². The molecular weight excluding hydrogens is 412 g/mol. The fourth-order valence-electron chi connectivity index (χ4n) is 3.51. The van der Waals surface area contributed by atoms with Gasteiger partial charge in [-0.1, -0.05) is 41.2 Å². The quantitative estimate of drug-likeness (QED) is 0.611. The topological polar surface area (TPSA) is 84.4 Å². The summed E-state index contributed by atoms with van der Waals surface area (Å²) in [5, 5.41) is 12.4. The van der Waals surface area contributed by atoms with Crippen LogP contribution >= 0.6 is 11.3 Å². The Balaban J connectivity index is 1.31. The van der Waals surface area contributed by atoms with Crippen LogP contribution in [0.4, 0.5) is 10.8 Å². The summed E-state index contributed by atoms with van der Waals surface area (Å²) in [5.41, 5.74) is 3.13. The highest BCUT2D eigenvalue weighted by Crippen LogP contribution is 2.27. The smallest absolute Gasteiger partial charge is 0.231 e. The van der Waals surface area contributed by atoms with Crippen LogP contribution in [-0.2, 0) is 22.4 Å². The number of nitrogens with one attached hydrogen (secondary N) is 1. The number of ether oxygens (including phenoxy) is 1. The highest BCUT2D eigenvalue weighted by atomic mass is 32.1. The highest BCUT2D eigenvalue weighted by Gasteiger charge is 2.35. The SMILES string of the molecule is COc1ccc(CCc2nnc(NC(=O)[C@H]3CC(=O)N(c4ccc(C)cc4)C3)s2)cc1. The number of hydrogen-bond donors (Lipinski definition) is 1. The van der Waals surface area contributed by atoms with Crippen LogP contribution in [0.1, 0.15) is 22.6 Å². The van der Waals surface area contributed by atoms with Gasteiger partial charge in [-0.15, -0.1) is 10.2 Å². The molecule has 0 saturated carbocycles. The van der Waals surface area contributed by atoms with Crippen LogP contribution in [0.15, 0.2) is 48.5 Å². The van der Waals surface area contributed by atoms with Gasteiger partial charge in [0.1, 0.15) is 10.8 Å². The summed E-state index contributed by atoms with van der Waals surface area (Å²) in [6.45, 7) is 2.37. The lowest BCUT2D eigenvalue weighted by atomic mass is 10.1. The maximum Gasteiger partial charge on any atom is 0.231 e. The van der Waals surface area contributed by atoms with Gasteiger partial charge >= 0.3 is 0 Å². The van der Waals surface area contributed by atoms with Crippen LogP contribution in [0, 0.1) is 12.8 Å². The summed E-state index contributed by atoms with van der Waals surface area (Å²) in [5.74, 6) is 0.193. The third kappa shape index (κ3) is 5.08. The van der Waals surface area contributed by atoms with Gasteiger partial charge in [-0.2, -0.15) is 0 Å². The van der Waals surface area contributed by atoms with Crippen molar-refractivity contribution in [1.29, 1.82) is 0 Å². The predicted octanol–water partition coefficient (Wildman–Crippen LogP) is 3.63. The van der Waals surface area contributed by atoms with Crippen molar-refractivity contribution in [1.82, 2.24) is 10.2 Å². The number of rotatable bonds is 7. The fraction of sp³-hybridized carbons (Fsp3) is 0.304. The average Bonchev–Trinajstić information content (AvgIpc) is 3.39. The highest BCUT2D eigenvalue weighted by molar-refractivity contribution is 7.15. The summed E-state index contributed by atoms with van der Waals surface area (Å²) in [6, 6.07) is 15.7. The Morgan fingerprint density at radius 2 is 1.87 bits per heavy atom. The second-order valence-corrected chi connectivity index (χ2v) is 8.64. The van der Waals surface area contributed by atoms with Gasteiger partial charge in [0.05, 0.1) is 13.0 Å². The molecule has 2 amide bonds. The van der Waals surface area contributed by atoms with Crippen molar-refractivity contribution in [2.75, 3.05) is 23.9 Å². The lowest BCUT2D eigenvalue weighted by Crippen LogP contribution is -2.28. The van der Waals surface area contributed by atoms with Crippen LogP contribution in [0.3, 0.4) is 0 Å². The Morgan fingerprint density at radius 1 is 1.13 bits per heavy atom. The molecule has 1 fully saturated rings. The summed E-state index contributed by atoms with van der Waals surface area (Å²) >= 11 is 1.37. The third-order valence-electron chi connectivity index (χ3n) is 5.33. The van der Waals surface area contributed by atoms with Crippen molar-refractivity contribution in [3.63, 3.8) is 0 Å². The lowest BCUT2D eigenvalue weighted by Gasteiger charge is -2.16. The lowest BCUT2D eigenvalue weighted by molar-refractivity contribution is -0.122. The first kappa shape index (κ1) is 21.0. The minimum atomic E-state index is -0.402. The Labute approximate surface area is 185 Å². The van der Waals surface area contributed by atoms with Gasteiger partial charge < -0.3 is 15.0 Å². The molecule has 1 aliphatic heterocycles. The molecule has 1 aromatic heterocycles. The van der Waals surface area contributed by atoms with E-state index in [0.717, 1.165) is 34.8 Å². The first-order valence-corrected chi connectivity index (χ1v) is 11.0. The molecule has 160 valence electrons. The largest absolute Gasteiger partial charge is 0.497 e. The van der Waals surface area contributed by atoms with E-state index >= 15 is 0 Å². The van der Waals surface area contributed by atoms with E-state index in [-0.39, 0.29) is 18.2 Å². The maximum absolute atomic E-state index is 12.7. The van der Waals surface area contributed by atoms with E-state index in [9.17, 15) is 9.59 Å². The molecule has 0 aliphatic carbocycles. The summed E-state index contributed by atoms with van der Waals surface area (Å²) in [7, 11) is 1.65. The van der Waals surface area contributed by atoms with Crippen molar-refractivity contribution < 1.29 is 14.3 Å². The van der Waals surface area contributed by atoms with Gasteiger partial charge in [-0.3, -0.25) is 9.59 Å².